The van der Waals surface area contributed by atoms with Gasteiger partial charge in [-0.1, -0.05) is 25.5 Å². The van der Waals surface area contributed by atoms with Crippen molar-refractivity contribution in [3.63, 3.8) is 0 Å². The van der Waals surface area contributed by atoms with Gasteiger partial charge >= 0.3 is 0 Å². The van der Waals surface area contributed by atoms with Gasteiger partial charge in [-0.2, -0.15) is 10.4 Å². The number of carbonyl (C=O) groups excluding carboxylic acids is 1. The van der Waals surface area contributed by atoms with E-state index in [1.165, 1.54) is 5.56 Å². The Bertz CT molecular complexity index is 1040. The van der Waals surface area contributed by atoms with Crippen molar-refractivity contribution in [1.82, 2.24) is 14.8 Å². The van der Waals surface area contributed by atoms with Crippen molar-refractivity contribution in [2.45, 2.75) is 26.2 Å². The highest BCUT2D eigenvalue weighted by molar-refractivity contribution is 6.10. The predicted octanol–water partition coefficient (Wildman–Crippen LogP) is 4.37. The standard InChI is InChI=1S/C23H23N5O/c1-3-4-5-17-6-8-21(9-7-17)26-23(29)19(15-24)14-20-16-28(2)27-22(20)18-10-12-25-13-11-18/h6-14,16H,3-5H2,1-2H3,(H,26,29)/b19-14-. The summed E-state index contributed by atoms with van der Waals surface area (Å²) in [6, 6.07) is 13.4. The molecule has 0 spiro atoms. The molecule has 1 N–H and O–H groups in total. The van der Waals surface area contributed by atoms with Crippen LogP contribution in [0.25, 0.3) is 17.3 Å². The van der Waals surface area contributed by atoms with Crippen LogP contribution in [0.15, 0.2) is 60.6 Å². The van der Waals surface area contributed by atoms with E-state index in [2.05, 4.69) is 22.3 Å². The highest BCUT2D eigenvalue weighted by Crippen LogP contribution is 2.23. The molecule has 2 aromatic heterocycles. The lowest BCUT2D eigenvalue weighted by atomic mass is 10.1. The van der Waals surface area contributed by atoms with Crippen LogP contribution < -0.4 is 5.32 Å². The molecule has 0 aliphatic carbocycles. The number of unbranched alkanes of at least 4 members (excludes halogenated alkanes) is 1. The van der Waals surface area contributed by atoms with Crippen LogP contribution in [0.5, 0.6) is 0 Å². The zero-order valence-electron chi connectivity index (χ0n) is 16.6. The maximum absolute atomic E-state index is 12.6. The van der Waals surface area contributed by atoms with Gasteiger partial charge in [-0.05, 0) is 48.7 Å². The van der Waals surface area contributed by atoms with Gasteiger partial charge in [0.25, 0.3) is 5.91 Å². The molecule has 6 heteroatoms. The quantitative estimate of drug-likeness (QED) is 0.483. The maximum Gasteiger partial charge on any atom is 0.266 e. The molecule has 6 nitrogen and oxygen atoms in total. The third kappa shape index (κ3) is 5.17. The number of nitrogens with one attached hydrogen (secondary N) is 1. The van der Waals surface area contributed by atoms with Gasteiger partial charge in [0, 0.05) is 42.5 Å². The van der Waals surface area contributed by atoms with Crippen LogP contribution in [-0.2, 0) is 18.3 Å². The Morgan fingerprint density at radius 1 is 1.21 bits per heavy atom. The molecule has 0 saturated carbocycles. The smallest absolute Gasteiger partial charge is 0.266 e. The lowest BCUT2D eigenvalue weighted by Gasteiger charge is -2.06. The fourth-order valence-corrected chi connectivity index (χ4v) is 2.98. The van der Waals surface area contributed by atoms with Gasteiger partial charge in [0.15, 0.2) is 0 Å². The SMILES string of the molecule is CCCCc1ccc(NC(=O)/C(C#N)=C\c2cn(C)nc2-c2ccncc2)cc1. The van der Waals surface area contributed by atoms with Gasteiger partial charge in [-0.15, -0.1) is 0 Å². The van der Waals surface area contributed by atoms with Crippen LogP contribution in [0.2, 0.25) is 0 Å². The first-order valence-corrected chi connectivity index (χ1v) is 9.57. The van der Waals surface area contributed by atoms with E-state index in [0.717, 1.165) is 24.8 Å². The molecule has 0 bridgehead atoms. The van der Waals surface area contributed by atoms with Crippen molar-refractivity contribution in [3.05, 3.63) is 71.7 Å². The van der Waals surface area contributed by atoms with E-state index in [9.17, 15) is 10.1 Å². The first-order valence-electron chi connectivity index (χ1n) is 9.57. The number of hydrogen-bond acceptors (Lipinski definition) is 4. The number of benzene rings is 1. The number of aryl methyl sites for hydroxylation is 2. The van der Waals surface area contributed by atoms with Gasteiger partial charge in [-0.25, -0.2) is 0 Å². The van der Waals surface area contributed by atoms with Crippen LogP contribution >= 0.6 is 0 Å². The Morgan fingerprint density at radius 3 is 2.59 bits per heavy atom. The predicted molar refractivity (Wildman–Crippen MR) is 114 cm³/mol. The summed E-state index contributed by atoms with van der Waals surface area (Å²) < 4.78 is 1.66. The zero-order chi connectivity index (χ0) is 20.6. The van der Waals surface area contributed by atoms with E-state index in [1.807, 2.05) is 42.5 Å². The summed E-state index contributed by atoms with van der Waals surface area (Å²) >= 11 is 0. The molecule has 0 aliphatic heterocycles. The van der Waals surface area contributed by atoms with Gasteiger partial charge < -0.3 is 5.32 Å². The molecule has 1 amide bonds. The number of anilines is 1. The molecule has 0 aliphatic rings. The minimum Gasteiger partial charge on any atom is -0.321 e. The molecular weight excluding hydrogens is 362 g/mol. The first-order chi connectivity index (χ1) is 14.1. The minimum absolute atomic E-state index is 0.0170. The summed E-state index contributed by atoms with van der Waals surface area (Å²) in [5.74, 6) is -0.446. The second-order valence-corrected chi connectivity index (χ2v) is 6.77. The molecule has 1 aromatic carbocycles. The first kappa shape index (κ1) is 20.0. The van der Waals surface area contributed by atoms with Crippen LogP contribution in [0, 0.1) is 11.3 Å². The van der Waals surface area contributed by atoms with Crippen LogP contribution in [0.4, 0.5) is 5.69 Å². The van der Waals surface area contributed by atoms with Crippen molar-refractivity contribution < 1.29 is 4.79 Å². The number of amides is 1. The third-order valence-electron chi connectivity index (χ3n) is 4.51. The largest absolute Gasteiger partial charge is 0.321 e. The van der Waals surface area contributed by atoms with Crippen LogP contribution in [-0.4, -0.2) is 20.7 Å². The Morgan fingerprint density at radius 2 is 1.93 bits per heavy atom. The molecule has 146 valence electrons. The van der Waals surface area contributed by atoms with Crippen molar-refractivity contribution in [2.24, 2.45) is 7.05 Å². The Labute approximate surface area is 170 Å². The number of nitriles is 1. The van der Waals surface area contributed by atoms with Crippen molar-refractivity contribution in [1.29, 1.82) is 5.26 Å². The molecule has 3 aromatic rings. The maximum atomic E-state index is 12.6. The van der Waals surface area contributed by atoms with E-state index in [-0.39, 0.29) is 5.57 Å². The summed E-state index contributed by atoms with van der Waals surface area (Å²) in [5.41, 5.74) is 4.17. The van der Waals surface area contributed by atoms with E-state index in [0.29, 0.717) is 16.9 Å². The number of aromatic nitrogens is 3. The molecular formula is C23H23N5O. The number of pyridine rings is 1. The second kappa shape index (κ2) is 9.47. The fraction of sp³-hybridized carbons (Fsp3) is 0.217. The van der Waals surface area contributed by atoms with E-state index in [4.69, 9.17) is 0 Å². The molecule has 29 heavy (non-hydrogen) atoms. The molecule has 2 heterocycles. The molecule has 0 saturated heterocycles. The normalized spacial score (nSPS) is 11.1. The summed E-state index contributed by atoms with van der Waals surface area (Å²) in [4.78, 5) is 16.6. The number of carbonyl (C=O) groups is 1. The fourth-order valence-electron chi connectivity index (χ4n) is 2.98. The average Bonchev–Trinajstić information content (AvgIpc) is 3.12. The van der Waals surface area contributed by atoms with Crippen LogP contribution in [0.3, 0.4) is 0 Å². The van der Waals surface area contributed by atoms with Crippen molar-refractivity contribution >= 4 is 17.7 Å². The molecule has 0 fully saturated rings. The summed E-state index contributed by atoms with van der Waals surface area (Å²) in [7, 11) is 1.80. The highest BCUT2D eigenvalue weighted by Gasteiger charge is 2.14. The molecule has 0 unspecified atom stereocenters. The number of rotatable bonds is 7. The van der Waals surface area contributed by atoms with Crippen molar-refractivity contribution in [2.75, 3.05) is 5.32 Å². The minimum atomic E-state index is -0.446. The molecule has 3 rings (SSSR count). The van der Waals surface area contributed by atoms with Crippen molar-refractivity contribution in [3.8, 4) is 17.3 Å². The summed E-state index contributed by atoms with van der Waals surface area (Å²) in [6.07, 6.45) is 10.0. The van der Waals surface area contributed by atoms with E-state index in [1.54, 1.807) is 36.4 Å². The lowest BCUT2D eigenvalue weighted by molar-refractivity contribution is -0.112. The Balaban J connectivity index is 1.80. The van der Waals surface area contributed by atoms with Gasteiger partial charge in [0.2, 0.25) is 0 Å². The molecule has 0 atom stereocenters. The summed E-state index contributed by atoms with van der Waals surface area (Å²) in [5, 5.41) is 16.8. The Hall–Kier alpha value is -3.72. The van der Waals surface area contributed by atoms with E-state index < -0.39 is 5.91 Å². The molecule has 0 radical (unpaired) electrons. The van der Waals surface area contributed by atoms with Gasteiger partial charge in [0.1, 0.15) is 11.6 Å². The average molecular weight is 385 g/mol. The van der Waals surface area contributed by atoms with Gasteiger partial charge in [0.05, 0.1) is 5.69 Å². The monoisotopic (exact) mass is 385 g/mol. The second-order valence-electron chi connectivity index (χ2n) is 6.77. The van der Waals surface area contributed by atoms with Gasteiger partial charge in [-0.3, -0.25) is 14.5 Å². The lowest BCUT2D eigenvalue weighted by Crippen LogP contribution is -2.13. The number of nitrogens with zero attached hydrogens (tertiary/aromatic N) is 4. The summed E-state index contributed by atoms with van der Waals surface area (Å²) in [6.45, 7) is 2.16. The highest BCUT2D eigenvalue weighted by atomic mass is 16.1. The van der Waals surface area contributed by atoms with Crippen LogP contribution in [0.1, 0.15) is 30.9 Å². The topological polar surface area (TPSA) is 83.6 Å². The number of hydrogen-bond donors (Lipinski definition) is 1. The van der Waals surface area contributed by atoms with E-state index >= 15 is 0 Å². The zero-order valence-corrected chi connectivity index (χ0v) is 16.6. The Kier molecular flexibility index (Phi) is 6.54. The third-order valence-corrected chi connectivity index (χ3v) is 4.51.